The zero-order valence-corrected chi connectivity index (χ0v) is 13.3. The first-order chi connectivity index (χ1) is 10.1. The molecule has 1 N–H and O–H groups in total. The molecule has 21 heavy (non-hydrogen) atoms. The lowest BCUT2D eigenvalue weighted by Gasteiger charge is -2.18. The van der Waals surface area contributed by atoms with Gasteiger partial charge in [0.15, 0.2) is 0 Å². The smallest absolute Gasteiger partial charge is 0.141 e. The second-order valence-electron chi connectivity index (χ2n) is 4.89. The van der Waals surface area contributed by atoms with Gasteiger partial charge in [0.2, 0.25) is 0 Å². The Morgan fingerprint density at radius 2 is 2.00 bits per heavy atom. The molecule has 112 valence electrons. The van der Waals surface area contributed by atoms with E-state index in [-0.39, 0.29) is 17.7 Å². The van der Waals surface area contributed by atoms with Crippen molar-refractivity contribution in [3.05, 3.63) is 63.9 Å². The van der Waals surface area contributed by atoms with E-state index in [1.165, 1.54) is 24.4 Å². The summed E-state index contributed by atoms with van der Waals surface area (Å²) in [5.41, 5.74) is 1.62. The summed E-state index contributed by atoms with van der Waals surface area (Å²) >= 11 is 3.30. The number of nitrogens with one attached hydrogen (secondary N) is 1. The molecule has 0 aliphatic rings. The highest BCUT2D eigenvalue weighted by molar-refractivity contribution is 9.10. The van der Waals surface area contributed by atoms with Crippen molar-refractivity contribution in [3.8, 4) is 0 Å². The van der Waals surface area contributed by atoms with E-state index < -0.39 is 0 Å². The van der Waals surface area contributed by atoms with Crippen LogP contribution >= 0.6 is 15.9 Å². The zero-order chi connectivity index (χ0) is 15.2. The number of halogens is 3. The molecule has 1 unspecified atom stereocenters. The lowest BCUT2D eigenvalue weighted by Crippen LogP contribution is -2.25. The van der Waals surface area contributed by atoms with Crippen molar-refractivity contribution >= 4 is 15.9 Å². The third-order valence-electron chi connectivity index (χ3n) is 3.11. The van der Waals surface area contributed by atoms with Crippen LogP contribution in [0, 0.1) is 11.6 Å². The summed E-state index contributed by atoms with van der Waals surface area (Å²) in [6.45, 7) is 2.89. The highest BCUT2D eigenvalue weighted by atomic mass is 79.9. The molecule has 2 rings (SSSR count). The molecule has 0 saturated heterocycles. The maximum Gasteiger partial charge on any atom is 0.141 e. The fraction of sp³-hybridized carbons (Fsp3) is 0.312. The standard InChI is InChI=1S/C16H17BrF2N2/c1-2-5-20-16(15-4-3-13(18)10-21-15)8-11-6-12(17)9-14(19)7-11/h3-4,6-7,9-10,16,20H,2,5,8H2,1H3. The zero-order valence-electron chi connectivity index (χ0n) is 11.7. The summed E-state index contributed by atoms with van der Waals surface area (Å²) in [5.74, 6) is -0.637. The molecule has 2 nitrogen and oxygen atoms in total. The van der Waals surface area contributed by atoms with Gasteiger partial charge in [-0.3, -0.25) is 4.98 Å². The van der Waals surface area contributed by atoms with Crippen LogP contribution in [0.2, 0.25) is 0 Å². The van der Waals surface area contributed by atoms with Gasteiger partial charge in [0.25, 0.3) is 0 Å². The van der Waals surface area contributed by atoms with Gasteiger partial charge in [-0.05, 0) is 55.3 Å². The summed E-state index contributed by atoms with van der Waals surface area (Å²) in [5, 5.41) is 3.37. The van der Waals surface area contributed by atoms with Crippen LogP contribution in [0.4, 0.5) is 8.78 Å². The second kappa shape index (κ2) is 7.61. The SMILES string of the molecule is CCCNC(Cc1cc(F)cc(Br)c1)c1ccc(F)cn1. The monoisotopic (exact) mass is 354 g/mol. The molecule has 0 radical (unpaired) electrons. The van der Waals surface area contributed by atoms with Crippen LogP contribution in [0.1, 0.15) is 30.6 Å². The number of hydrogen-bond donors (Lipinski definition) is 1. The third kappa shape index (κ3) is 4.86. The Labute approximate surface area is 131 Å². The van der Waals surface area contributed by atoms with E-state index in [1.807, 2.05) is 6.07 Å². The minimum Gasteiger partial charge on any atom is -0.308 e. The van der Waals surface area contributed by atoms with Gasteiger partial charge in [0, 0.05) is 4.47 Å². The van der Waals surface area contributed by atoms with Crippen molar-refractivity contribution in [2.45, 2.75) is 25.8 Å². The molecule has 1 atom stereocenters. The summed E-state index contributed by atoms with van der Waals surface area (Å²) in [6, 6.07) is 7.80. The van der Waals surface area contributed by atoms with Crippen molar-refractivity contribution in [1.29, 1.82) is 0 Å². The predicted molar refractivity (Wildman–Crippen MR) is 83.0 cm³/mol. The first-order valence-corrected chi connectivity index (χ1v) is 7.67. The second-order valence-corrected chi connectivity index (χ2v) is 5.81. The summed E-state index contributed by atoms with van der Waals surface area (Å²) in [7, 11) is 0. The number of aromatic nitrogens is 1. The molecular weight excluding hydrogens is 338 g/mol. The maximum absolute atomic E-state index is 13.5. The molecule has 0 spiro atoms. The number of pyridine rings is 1. The molecule has 1 aromatic carbocycles. The van der Waals surface area contributed by atoms with Crippen LogP contribution in [0.15, 0.2) is 41.0 Å². The topological polar surface area (TPSA) is 24.9 Å². The molecule has 0 aliphatic carbocycles. The van der Waals surface area contributed by atoms with E-state index in [0.717, 1.165) is 24.2 Å². The highest BCUT2D eigenvalue weighted by Gasteiger charge is 2.14. The van der Waals surface area contributed by atoms with Gasteiger partial charge in [0.05, 0.1) is 17.9 Å². The predicted octanol–water partition coefficient (Wildman–Crippen LogP) is 4.41. The Bertz CT molecular complexity index is 567. The number of hydrogen-bond acceptors (Lipinski definition) is 2. The summed E-state index contributed by atoms with van der Waals surface area (Å²) in [6.07, 6.45) is 2.77. The number of benzene rings is 1. The van der Waals surface area contributed by atoms with Crippen LogP contribution in [0.25, 0.3) is 0 Å². The minimum absolute atomic E-state index is 0.0701. The molecular formula is C16H17BrF2N2. The molecule has 2 aromatic rings. The van der Waals surface area contributed by atoms with Crippen molar-refractivity contribution in [2.24, 2.45) is 0 Å². The van der Waals surface area contributed by atoms with Crippen LogP contribution in [-0.2, 0) is 6.42 Å². The van der Waals surface area contributed by atoms with Gasteiger partial charge in [-0.25, -0.2) is 8.78 Å². The Kier molecular flexibility index (Phi) is 5.82. The van der Waals surface area contributed by atoms with Gasteiger partial charge in [-0.1, -0.05) is 22.9 Å². The minimum atomic E-state index is -0.360. The van der Waals surface area contributed by atoms with E-state index in [2.05, 4.69) is 33.2 Å². The Morgan fingerprint density at radius 3 is 2.62 bits per heavy atom. The van der Waals surface area contributed by atoms with Crippen LogP contribution < -0.4 is 5.32 Å². The Morgan fingerprint density at radius 1 is 1.19 bits per heavy atom. The molecule has 5 heteroatoms. The molecule has 0 amide bonds. The van der Waals surface area contributed by atoms with E-state index in [0.29, 0.717) is 10.9 Å². The average molecular weight is 355 g/mol. The first-order valence-electron chi connectivity index (χ1n) is 6.88. The molecule has 0 bridgehead atoms. The normalized spacial score (nSPS) is 12.4. The molecule has 1 heterocycles. The highest BCUT2D eigenvalue weighted by Crippen LogP contribution is 2.21. The summed E-state index contributed by atoms with van der Waals surface area (Å²) < 4.78 is 27.2. The van der Waals surface area contributed by atoms with E-state index in [9.17, 15) is 8.78 Å². The van der Waals surface area contributed by atoms with Crippen molar-refractivity contribution < 1.29 is 8.78 Å². The van der Waals surface area contributed by atoms with Gasteiger partial charge >= 0.3 is 0 Å². The summed E-state index contributed by atoms with van der Waals surface area (Å²) in [4.78, 5) is 4.13. The van der Waals surface area contributed by atoms with E-state index >= 15 is 0 Å². The van der Waals surface area contributed by atoms with Crippen LogP contribution in [0.5, 0.6) is 0 Å². The third-order valence-corrected chi connectivity index (χ3v) is 3.57. The van der Waals surface area contributed by atoms with Gasteiger partial charge in [-0.15, -0.1) is 0 Å². The van der Waals surface area contributed by atoms with E-state index in [4.69, 9.17) is 0 Å². The fourth-order valence-corrected chi connectivity index (χ4v) is 2.67. The Balaban J connectivity index is 2.21. The first kappa shape index (κ1) is 16.0. The van der Waals surface area contributed by atoms with Crippen molar-refractivity contribution in [3.63, 3.8) is 0 Å². The van der Waals surface area contributed by atoms with Crippen LogP contribution in [0.3, 0.4) is 0 Å². The lowest BCUT2D eigenvalue weighted by atomic mass is 10.0. The van der Waals surface area contributed by atoms with Crippen molar-refractivity contribution in [1.82, 2.24) is 10.3 Å². The van der Waals surface area contributed by atoms with Gasteiger partial charge in [-0.2, -0.15) is 0 Å². The average Bonchev–Trinajstić information content (AvgIpc) is 2.43. The Hall–Kier alpha value is -1.33. The van der Waals surface area contributed by atoms with Crippen LogP contribution in [-0.4, -0.2) is 11.5 Å². The molecule has 0 aliphatic heterocycles. The number of rotatable bonds is 6. The van der Waals surface area contributed by atoms with Gasteiger partial charge in [0.1, 0.15) is 11.6 Å². The van der Waals surface area contributed by atoms with E-state index in [1.54, 1.807) is 6.07 Å². The molecule has 0 fully saturated rings. The molecule has 1 aromatic heterocycles. The lowest BCUT2D eigenvalue weighted by molar-refractivity contribution is 0.512. The number of nitrogens with zero attached hydrogens (tertiary/aromatic N) is 1. The van der Waals surface area contributed by atoms with Crippen molar-refractivity contribution in [2.75, 3.05) is 6.54 Å². The fourth-order valence-electron chi connectivity index (χ4n) is 2.16. The largest absolute Gasteiger partial charge is 0.308 e. The quantitative estimate of drug-likeness (QED) is 0.831. The van der Waals surface area contributed by atoms with Gasteiger partial charge < -0.3 is 5.32 Å². The molecule has 0 saturated carbocycles. The maximum atomic E-state index is 13.5.